The van der Waals surface area contributed by atoms with Crippen LogP contribution in [0.4, 0.5) is 5.82 Å². The minimum atomic E-state index is -0.477. The second-order valence-corrected chi connectivity index (χ2v) is 4.46. The smallest absolute Gasteiger partial charge is 0.363 e. The summed E-state index contributed by atoms with van der Waals surface area (Å²) in [4.78, 5) is 11.9. The molecule has 2 rings (SSSR count). The number of nitrogens with zero attached hydrogens (tertiary/aromatic N) is 3. The molecule has 0 unspecified atom stereocenters. The lowest BCUT2D eigenvalue weighted by Crippen LogP contribution is -2.21. The summed E-state index contributed by atoms with van der Waals surface area (Å²) in [6.45, 7) is 4.01. The molecule has 0 aliphatic heterocycles. The summed E-state index contributed by atoms with van der Waals surface area (Å²) in [7, 11) is 0. The highest BCUT2D eigenvalue weighted by atomic mass is 16.5. The van der Waals surface area contributed by atoms with Crippen LogP contribution in [0.15, 0.2) is 12.7 Å². The van der Waals surface area contributed by atoms with E-state index < -0.39 is 5.97 Å². The highest BCUT2D eigenvalue weighted by Crippen LogP contribution is 2.22. The first-order valence-corrected chi connectivity index (χ1v) is 6.23. The number of nitrogens with two attached hydrogens (primary N) is 1. The molecule has 0 bridgehead atoms. The standard InChI is InChI=1S/C12H18N4O2/c1-2-8-16-11(13)10(14-15-16)12(17)18-9-6-4-3-5-7-9/h2,9H,1,3-8,13H2. The third kappa shape index (κ3) is 2.69. The van der Waals surface area contributed by atoms with Crippen molar-refractivity contribution in [3.05, 3.63) is 18.3 Å². The van der Waals surface area contributed by atoms with E-state index in [0.717, 1.165) is 25.7 Å². The topological polar surface area (TPSA) is 83.0 Å². The second kappa shape index (κ2) is 5.66. The third-order valence-electron chi connectivity index (χ3n) is 3.09. The van der Waals surface area contributed by atoms with E-state index in [-0.39, 0.29) is 17.6 Å². The number of allylic oxidation sites excluding steroid dienone is 1. The van der Waals surface area contributed by atoms with Gasteiger partial charge in [0.1, 0.15) is 6.10 Å². The Hall–Kier alpha value is -1.85. The lowest BCUT2D eigenvalue weighted by Gasteiger charge is -2.21. The molecular weight excluding hydrogens is 232 g/mol. The lowest BCUT2D eigenvalue weighted by atomic mass is 9.98. The molecule has 0 spiro atoms. The van der Waals surface area contributed by atoms with Gasteiger partial charge in [-0.05, 0) is 25.7 Å². The molecule has 1 fully saturated rings. The number of aromatic nitrogens is 3. The molecule has 1 aliphatic rings. The SMILES string of the molecule is C=CCn1nnc(C(=O)OC2CCCCC2)c1N. The first-order chi connectivity index (χ1) is 8.72. The van der Waals surface area contributed by atoms with Gasteiger partial charge >= 0.3 is 5.97 Å². The molecule has 0 saturated heterocycles. The van der Waals surface area contributed by atoms with Crippen molar-refractivity contribution in [1.82, 2.24) is 15.0 Å². The number of nitrogen functional groups attached to an aromatic ring is 1. The molecule has 1 aromatic heterocycles. The van der Waals surface area contributed by atoms with Gasteiger partial charge in [0.15, 0.2) is 5.82 Å². The summed E-state index contributed by atoms with van der Waals surface area (Å²) in [6.07, 6.45) is 6.91. The zero-order chi connectivity index (χ0) is 13.0. The zero-order valence-electron chi connectivity index (χ0n) is 10.3. The Kier molecular flexibility index (Phi) is 3.96. The number of ether oxygens (including phenoxy) is 1. The summed E-state index contributed by atoms with van der Waals surface area (Å²) in [5.74, 6) is -0.245. The van der Waals surface area contributed by atoms with Gasteiger partial charge in [0.25, 0.3) is 0 Å². The fourth-order valence-corrected chi connectivity index (χ4v) is 2.11. The molecule has 1 aliphatic carbocycles. The van der Waals surface area contributed by atoms with E-state index in [9.17, 15) is 4.79 Å². The maximum absolute atomic E-state index is 11.9. The molecule has 6 heteroatoms. The number of carbonyl (C=O) groups excluding carboxylic acids is 1. The van der Waals surface area contributed by atoms with Crippen LogP contribution in [0.3, 0.4) is 0 Å². The summed E-state index contributed by atoms with van der Waals surface area (Å²) in [6, 6.07) is 0. The molecule has 1 heterocycles. The van der Waals surface area contributed by atoms with Crippen LogP contribution in [-0.4, -0.2) is 27.1 Å². The monoisotopic (exact) mass is 250 g/mol. The Bertz CT molecular complexity index is 435. The quantitative estimate of drug-likeness (QED) is 0.647. The van der Waals surface area contributed by atoms with E-state index >= 15 is 0 Å². The predicted octanol–water partition coefficient (Wildman–Crippen LogP) is 1.54. The number of carbonyl (C=O) groups is 1. The Morgan fingerprint density at radius 3 is 2.89 bits per heavy atom. The molecule has 1 aromatic rings. The minimum absolute atomic E-state index is 0.00444. The van der Waals surface area contributed by atoms with Gasteiger partial charge in [-0.2, -0.15) is 0 Å². The van der Waals surface area contributed by atoms with Crippen molar-refractivity contribution in [3.8, 4) is 0 Å². The van der Waals surface area contributed by atoms with Gasteiger partial charge < -0.3 is 10.5 Å². The van der Waals surface area contributed by atoms with Crippen molar-refractivity contribution in [3.63, 3.8) is 0 Å². The average molecular weight is 250 g/mol. The Balaban J connectivity index is 2.01. The molecule has 98 valence electrons. The fourth-order valence-electron chi connectivity index (χ4n) is 2.11. The fraction of sp³-hybridized carbons (Fsp3) is 0.583. The maximum Gasteiger partial charge on any atom is 0.363 e. The van der Waals surface area contributed by atoms with Crippen LogP contribution in [0.2, 0.25) is 0 Å². The molecule has 2 N–H and O–H groups in total. The molecule has 1 saturated carbocycles. The summed E-state index contributed by atoms with van der Waals surface area (Å²) < 4.78 is 6.81. The van der Waals surface area contributed by atoms with E-state index in [2.05, 4.69) is 16.9 Å². The molecule has 0 atom stereocenters. The number of esters is 1. The first-order valence-electron chi connectivity index (χ1n) is 6.23. The van der Waals surface area contributed by atoms with Crippen LogP contribution in [0.1, 0.15) is 42.6 Å². The van der Waals surface area contributed by atoms with Crippen LogP contribution in [-0.2, 0) is 11.3 Å². The van der Waals surface area contributed by atoms with Crippen LogP contribution >= 0.6 is 0 Å². The zero-order valence-corrected chi connectivity index (χ0v) is 10.3. The highest BCUT2D eigenvalue weighted by Gasteiger charge is 2.23. The largest absolute Gasteiger partial charge is 0.458 e. The Morgan fingerprint density at radius 1 is 1.50 bits per heavy atom. The van der Waals surface area contributed by atoms with Gasteiger partial charge in [0, 0.05) is 0 Å². The normalized spacial score (nSPS) is 16.4. The van der Waals surface area contributed by atoms with E-state index in [1.807, 2.05) is 0 Å². The molecule has 0 aromatic carbocycles. The molecule has 18 heavy (non-hydrogen) atoms. The van der Waals surface area contributed by atoms with Crippen molar-refractivity contribution < 1.29 is 9.53 Å². The molecule has 0 radical (unpaired) electrons. The van der Waals surface area contributed by atoms with E-state index in [1.54, 1.807) is 6.08 Å². The van der Waals surface area contributed by atoms with Crippen LogP contribution in [0.5, 0.6) is 0 Å². The van der Waals surface area contributed by atoms with Gasteiger partial charge in [-0.15, -0.1) is 11.7 Å². The average Bonchev–Trinajstić information content (AvgIpc) is 2.73. The van der Waals surface area contributed by atoms with Crippen molar-refractivity contribution in [2.75, 3.05) is 5.73 Å². The minimum Gasteiger partial charge on any atom is -0.458 e. The summed E-state index contributed by atoms with van der Waals surface area (Å²) >= 11 is 0. The van der Waals surface area contributed by atoms with Gasteiger partial charge in [0.2, 0.25) is 5.69 Å². The number of anilines is 1. The third-order valence-corrected chi connectivity index (χ3v) is 3.09. The maximum atomic E-state index is 11.9. The van der Waals surface area contributed by atoms with Gasteiger partial charge in [-0.1, -0.05) is 17.7 Å². The van der Waals surface area contributed by atoms with E-state index in [0.29, 0.717) is 6.54 Å². The number of hydrogen-bond acceptors (Lipinski definition) is 5. The Morgan fingerprint density at radius 2 is 2.22 bits per heavy atom. The van der Waals surface area contributed by atoms with Crippen molar-refractivity contribution in [2.45, 2.75) is 44.8 Å². The van der Waals surface area contributed by atoms with Crippen LogP contribution in [0.25, 0.3) is 0 Å². The molecule has 0 amide bonds. The van der Waals surface area contributed by atoms with Crippen LogP contribution < -0.4 is 5.73 Å². The van der Waals surface area contributed by atoms with Gasteiger partial charge in [-0.3, -0.25) is 0 Å². The Labute approximate surface area is 106 Å². The van der Waals surface area contributed by atoms with Crippen molar-refractivity contribution in [1.29, 1.82) is 0 Å². The summed E-state index contributed by atoms with van der Waals surface area (Å²) in [5, 5.41) is 7.55. The number of rotatable bonds is 4. The summed E-state index contributed by atoms with van der Waals surface area (Å²) in [5.41, 5.74) is 5.88. The molecular formula is C12H18N4O2. The second-order valence-electron chi connectivity index (χ2n) is 4.46. The van der Waals surface area contributed by atoms with Gasteiger partial charge in [0.05, 0.1) is 6.54 Å². The predicted molar refractivity (Wildman–Crippen MR) is 66.9 cm³/mol. The lowest BCUT2D eigenvalue weighted by molar-refractivity contribution is 0.0205. The van der Waals surface area contributed by atoms with Crippen LogP contribution in [0, 0.1) is 0 Å². The van der Waals surface area contributed by atoms with Crippen molar-refractivity contribution >= 4 is 11.8 Å². The first kappa shape index (κ1) is 12.6. The van der Waals surface area contributed by atoms with Gasteiger partial charge in [-0.25, -0.2) is 9.48 Å². The number of hydrogen-bond donors (Lipinski definition) is 1. The molecule has 6 nitrogen and oxygen atoms in total. The van der Waals surface area contributed by atoms with E-state index in [1.165, 1.54) is 11.1 Å². The van der Waals surface area contributed by atoms with Crippen molar-refractivity contribution in [2.24, 2.45) is 0 Å². The van der Waals surface area contributed by atoms with E-state index in [4.69, 9.17) is 10.5 Å². The highest BCUT2D eigenvalue weighted by molar-refractivity contribution is 5.91.